The molecular weight excluding hydrogens is 316 g/mol. The van der Waals surface area contributed by atoms with Crippen molar-refractivity contribution in [3.8, 4) is 0 Å². The molecule has 0 radical (unpaired) electrons. The Balaban J connectivity index is 2.03. The molecule has 0 spiro atoms. The summed E-state index contributed by atoms with van der Waals surface area (Å²) >= 11 is 1.24. The Hall–Kier alpha value is -2.48. The van der Waals surface area contributed by atoms with Gasteiger partial charge in [-0.2, -0.15) is 0 Å². The summed E-state index contributed by atoms with van der Waals surface area (Å²) in [5.74, 6) is -0.164. The molecule has 120 valence electrons. The molecular formula is C15H16N4O3S. The highest BCUT2D eigenvalue weighted by Crippen LogP contribution is 2.29. The lowest BCUT2D eigenvalue weighted by molar-refractivity contribution is 0.0742. The predicted octanol–water partition coefficient (Wildman–Crippen LogP) is 2.12. The summed E-state index contributed by atoms with van der Waals surface area (Å²) in [4.78, 5) is 32.0. The summed E-state index contributed by atoms with van der Waals surface area (Å²) in [7, 11) is 3.35. The van der Waals surface area contributed by atoms with Gasteiger partial charge in [0, 0.05) is 20.2 Å². The Bertz CT molecular complexity index is 926. The van der Waals surface area contributed by atoms with Crippen molar-refractivity contribution in [1.29, 1.82) is 0 Å². The van der Waals surface area contributed by atoms with Crippen LogP contribution in [0.15, 0.2) is 28.0 Å². The molecule has 7 nitrogen and oxygen atoms in total. The maximum Gasteiger partial charge on any atom is 0.264 e. The summed E-state index contributed by atoms with van der Waals surface area (Å²) in [6, 6.07) is 1.49. The Morgan fingerprint density at radius 2 is 2.22 bits per heavy atom. The van der Waals surface area contributed by atoms with Crippen LogP contribution in [0.1, 0.15) is 33.9 Å². The molecule has 0 N–H and O–H groups in total. The van der Waals surface area contributed by atoms with Gasteiger partial charge in [0.2, 0.25) is 0 Å². The quantitative estimate of drug-likeness (QED) is 0.734. The normalized spacial score (nSPS) is 12.5. The van der Waals surface area contributed by atoms with E-state index in [0.29, 0.717) is 26.4 Å². The number of aromatic nitrogens is 3. The summed E-state index contributed by atoms with van der Waals surface area (Å²) in [5.41, 5.74) is 1.20. The molecule has 0 aliphatic carbocycles. The topological polar surface area (TPSA) is 81.2 Å². The molecule has 0 aliphatic heterocycles. The van der Waals surface area contributed by atoms with E-state index in [4.69, 9.17) is 4.52 Å². The van der Waals surface area contributed by atoms with Crippen LogP contribution in [0.5, 0.6) is 0 Å². The highest BCUT2D eigenvalue weighted by atomic mass is 32.1. The van der Waals surface area contributed by atoms with Gasteiger partial charge in [-0.1, -0.05) is 5.16 Å². The largest absolute Gasteiger partial charge is 0.364 e. The van der Waals surface area contributed by atoms with Crippen LogP contribution in [-0.2, 0) is 7.05 Å². The third-order valence-corrected chi connectivity index (χ3v) is 5.18. The van der Waals surface area contributed by atoms with E-state index < -0.39 is 0 Å². The van der Waals surface area contributed by atoms with Crippen molar-refractivity contribution >= 4 is 27.5 Å². The second kappa shape index (κ2) is 5.62. The van der Waals surface area contributed by atoms with Gasteiger partial charge in [-0.25, -0.2) is 4.98 Å². The third kappa shape index (κ3) is 2.44. The average Bonchev–Trinajstić information content (AvgIpc) is 3.17. The molecule has 0 unspecified atom stereocenters. The van der Waals surface area contributed by atoms with Crippen molar-refractivity contribution in [3.05, 3.63) is 45.1 Å². The van der Waals surface area contributed by atoms with Crippen LogP contribution in [-0.4, -0.2) is 32.6 Å². The number of nitrogens with zero attached hydrogens (tertiary/aromatic N) is 4. The SMILES string of the molecule is Cc1c(C(=O)N(C)[C@H](C)c2ccon2)sc2ncn(C)c(=O)c12. The number of carbonyl (C=O) groups excluding carboxylic acids is 1. The Labute approximate surface area is 136 Å². The first-order valence-electron chi connectivity index (χ1n) is 7.04. The molecule has 23 heavy (non-hydrogen) atoms. The minimum Gasteiger partial charge on any atom is -0.364 e. The monoisotopic (exact) mass is 332 g/mol. The van der Waals surface area contributed by atoms with Crippen molar-refractivity contribution in [2.75, 3.05) is 7.05 Å². The van der Waals surface area contributed by atoms with Gasteiger partial charge in [0.1, 0.15) is 16.8 Å². The first-order chi connectivity index (χ1) is 10.9. The zero-order valence-corrected chi connectivity index (χ0v) is 14.0. The summed E-state index contributed by atoms with van der Waals surface area (Å²) < 4.78 is 6.25. The molecule has 0 saturated carbocycles. The van der Waals surface area contributed by atoms with Gasteiger partial charge in [0.15, 0.2) is 0 Å². The second-order valence-corrected chi connectivity index (χ2v) is 6.41. The average molecular weight is 332 g/mol. The molecule has 0 bridgehead atoms. The fourth-order valence-electron chi connectivity index (χ4n) is 2.38. The van der Waals surface area contributed by atoms with Crippen LogP contribution in [0.4, 0.5) is 0 Å². The molecule has 8 heteroatoms. The summed E-state index contributed by atoms with van der Waals surface area (Å²) in [6.45, 7) is 3.65. The molecule has 1 atom stereocenters. The van der Waals surface area contributed by atoms with E-state index in [2.05, 4.69) is 10.1 Å². The highest BCUT2D eigenvalue weighted by Gasteiger charge is 2.25. The second-order valence-electron chi connectivity index (χ2n) is 5.41. The molecule has 3 rings (SSSR count). The first-order valence-corrected chi connectivity index (χ1v) is 7.85. The Kier molecular flexibility index (Phi) is 3.77. The van der Waals surface area contributed by atoms with E-state index in [0.717, 1.165) is 0 Å². The standard InChI is InChI=1S/C15H16N4O3S/c1-8-11-13(16-7-18(3)14(11)20)23-12(8)15(21)19(4)9(2)10-5-6-22-17-10/h5-7,9H,1-4H3/t9-/m1/s1. The van der Waals surface area contributed by atoms with E-state index >= 15 is 0 Å². The van der Waals surface area contributed by atoms with Crippen LogP contribution in [0.3, 0.4) is 0 Å². The molecule has 0 aliphatic rings. The van der Waals surface area contributed by atoms with Crippen LogP contribution in [0, 0.1) is 6.92 Å². The van der Waals surface area contributed by atoms with E-state index in [9.17, 15) is 9.59 Å². The molecule has 0 aromatic carbocycles. The first kappa shape index (κ1) is 15.4. The summed E-state index contributed by atoms with van der Waals surface area (Å²) in [6.07, 6.45) is 2.94. The Morgan fingerprint density at radius 1 is 1.48 bits per heavy atom. The van der Waals surface area contributed by atoms with Gasteiger partial charge in [0.25, 0.3) is 11.5 Å². The molecule has 0 fully saturated rings. The number of amides is 1. The van der Waals surface area contributed by atoms with Crippen molar-refractivity contribution < 1.29 is 9.32 Å². The van der Waals surface area contributed by atoms with Crippen molar-refractivity contribution in [2.45, 2.75) is 19.9 Å². The Morgan fingerprint density at radius 3 is 2.87 bits per heavy atom. The molecule has 1 amide bonds. The number of hydrogen-bond donors (Lipinski definition) is 0. The number of aryl methyl sites for hydroxylation is 2. The number of thiophene rings is 1. The van der Waals surface area contributed by atoms with Gasteiger partial charge < -0.3 is 14.0 Å². The van der Waals surface area contributed by atoms with E-state index in [1.165, 1.54) is 28.5 Å². The zero-order valence-electron chi connectivity index (χ0n) is 13.2. The van der Waals surface area contributed by atoms with Crippen molar-refractivity contribution in [2.24, 2.45) is 7.05 Å². The minimum atomic E-state index is -0.235. The maximum absolute atomic E-state index is 12.8. The molecule has 0 saturated heterocycles. The van der Waals surface area contributed by atoms with Gasteiger partial charge >= 0.3 is 0 Å². The third-order valence-electron chi connectivity index (χ3n) is 3.99. The van der Waals surface area contributed by atoms with E-state index in [1.54, 1.807) is 32.0 Å². The smallest absolute Gasteiger partial charge is 0.264 e. The van der Waals surface area contributed by atoms with E-state index in [1.807, 2.05) is 6.92 Å². The number of rotatable bonds is 3. The maximum atomic E-state index is 12.8. The minimum absolute atomic E-state index is 0.144. The van der Waals surface area contributed by atoms with Gasteiger partial charge in [-0.05, 0) is 19.4 Å². The summed E-state index contributed by atoms with van der Waals surface area (Å²) in [5, 5.41) is 4.38. The lowest BCUT2D eigenvalue weighted by Crippen LogP contribution is -2.29. The molecule has 3 aromatic rings. The fraction of sp³-hybridized carbons (Fsp3) is 0.333. The van der Waals surface area contributed by atoms with Gasteiger partial charge in [-0.15, -0.1) is 11.3 Å². The lowest BCUT2D eigenvalue weighted by Gasteiger charge is -2.22. The number of fused-ring (bicyclic) bond motifs is 1. The van der Waals surface area contributed by atoms with Crippen molar-refractivity contribution in [3.63, 3.8) is 0 Å². The van der Waals surface area contributed by atoms with E-state index in [-0.39, 0.29) is 17.5 Å². The lowest BCUT2D eigenvalue weighted by atomic mass is 10.1. The predicted molar refractivity (Wildman–Crippen MR) is 86.6 cm³/mol. The number of hydrogen-bond acceptors (Lipinski definition) is 6. The zero-order chi connectivity index (χ0) is 16.7. The van der Waals surface area contributed by atoms with Crippen LogP contribution in [0.25, 0.3) is 10.2 Å². The fourth-order valence-corrected chi connectivity index (χ4v) is 3.51. The van der Waals surface area contributed by atoms with Crippen LogP contribution < -0.4 is 5.56 Å². The van der Waals surface area contributed by atoms with Crippen LogP contribution >= 0.6 is 11.3 Å². The van der Waals surface area contributed by atoms with Crippen molar-refractivity contribution in [1.82, 2.24) is 19.6 Å². The molecule has 3 aromatic heterocycles. The van der Waals surface area contributed by atoms with Gasteiger partial charge in [-0.3, -0.25) is 9.59 Å². The molecule has 3 heterocycles. The number of carbonyl (C=O) groups is 1. The van der Waals surface area contributed by atoms with Gasteiger partial charge in [0.05, 0.1) is 22.6 Å². The van der Waals surface area contributed by atoms with Crippen LogP contribution in [0.2, 0.25) is 0 Å². The highest BCUT2D eigenvalue weighted by molar-refractivity contribution is 7.20.